The van der Waals surface area contributed by atoms with Crippen molar-refractivity contribution < 1.29 is 0 Å². The number of nitrogens with one attached hydrogen (secondary N) is 1. The molecule has 0 fully saturated rings. The zero-order chi connectivity index (χ0) is 12.3. The topological polar surface area (TPSA) is 12.0 Å². The fourth-order valence-electron chi connectivity index (χ4n) is 1.77. The van der Waals surface area contributed by atoms with E-state index in [1.54, 1.807) is 11.3 Å². The van der Waals surface area contributed by atoms with Gasteiger partial charge in [0.1, 0.15) is 0 Å². The molecule has 2 aromatic rings. The summed E-state index contributed by atoms with van der Waals surface area (Å²) in [4.78, 5) is 1.36. The fourth-order valence-corrected chi connectivity index (χ4v) is 3.23. The predicted octanol–water partition coefficient (Wildman–Crippen LogP) is 4.42. The van der Waals surface area contributed by atoms with Gasteiger partial charge in [0.15, 0.2) is 0 Å². The molecule has 0 radical (unpaired) electrons. The van der Waals surface area contributed by atoms with Gasteiger partial charge in [-0.05, 0) is 57.9 Å². The zero-order valence-corrected chi connectivity index (χ0v) is 12.5. The Hall–Kier alpha value is -0.640. The van der Waals surface area contributed by atoms with Crippen molar-refractivity contribution in [2.45, 2.75) is 26.9 Å². The van der Waals surface area contributed by atoms with Crippen LogP contribution in [-0.2, 0) is 13.1 Å². The first kappa shape index (κ1) is 12.8. The number of hydrogen-bond donors (Lipinski definition) is 1. The molecule has 1 aromatic heterocycles. The van der Waals surface area contributed by atoms with E-state index in [2.05, 4.69) is 64.7 Å². The van der Waals surface area contributed by atoms with Crippen LogP contribution in [0.5, 0.6) is 0 Å². The van der Waals surface area contributed by atoms with Gasteiger partial charge in [0.05, 0.1) is 0 Å². The molecule has 17 heavy (non-hydrogen) atoms. The second-order valence-electron chi connectivity index (χ2n) is 4.15. The maximum Gasteiger partial charge on any atom is 0.0327 e. The highest BCUT2D eigenvalue weighted by molar-refractivity contribution is 9.10. The largest absolute Gasteiger partial charge is 0.308 e. The summed E-state index contributed by atoms with van der Waals surface area (Å²) in [5.74, 6) is 0. The molecular formula is C14H16BrNS. The molecule has 2 rings (SSSR count). The molecule has 0 atom stereocenters. The van der Waals surface area contributed by atoms with E-state index in [9.17, 15) is 0 Å². The number of benzene rings is 1. The highest BCUT2D eigenvalue weighted by Gasteiger charge is 2.02. The standard InChI is InChI=1S/C14H16BrNS/c1-10-4-3-5-12(11(10)2)8-16-9-14-13(15)6-7-17-14/h3-7,16H,8-9H2,1-2H3. The lowest BCUT2D eigenvalue weighted by molar-refractivity contribution is 0.696. The summed E-state index contributed by atoms with van der Waals surface area (Å²) >= 11 is 5.33. The molecule has 0 saturated carbocycles. The minimum absolute atomic E-state index is 0.922. The van der Waals surface area contributed by atoms with Crippen molar-refractivity contribution in [2.24, 2.45) is 0 Å². The Morgan fingerprint density at radius 3 is 2.71 bits per heavy atom. The number of aryl methyl sites for hydroxylation is 1. The van der Waals surface area contributed by atoms with Crippen molar-refractivity contribution in [2.75, 3.05) is 0 Å². The van der Waals surface area contributed by atoms with Crippen LogP contribution in [0.2, 0.25) is 0 Å². The van der Waals surface area contributed by atoms with E-state index < -0.39 is 0 Å². The summed E-state index contributed by atoms with van der Waals surface area (Å²) in [5.41, 5.74) is 4.14. The van der Waals surface area contributed by atoms with Crippen LogP contribution in [-0.4, -0.2) is 0 Å². The lowest BCUT2D eigenvalue weighted by Crippen LogP contribution is -2.13. The van der Waals surface area contributed by atoms with E-state index in [-0.39, 0.29) is 0 Å². The highest BCUT2D eigenvalue weighted by atomic mass is 79.9. The van der Waals surface area contributed by atoms with Crippen LogP contribution in [0.25, 0.3) is 0 Å². The molecule has 0 unspecified atom stereocenters. The molecule has 0 amide bonds. The summed E-state index contributed by atoms with van der Waals surface area (Å²) in [5, 5.41) is 5.60. The lowest BCUT2D eigenvalue weighted by atomic mass is 10.0. The summed E-state index contributed by atoms with van der Waals surface area (Å²) in [6.07, 6.45) is 0. The molecule has 1 nitrogen and oxygen atoms in total. The second kappa shape index (κ2) is 5.80. The molecule has 0 aliphatic heterocycles. The zero-order valence-electron chi connectivity index (χ0n) is 10.1. The van der Waals surface area contributed by atoms with E-state index in [4.69, 9.17) is 0 Å². The van der Waals surface area contributed by atoms with Crippen molar-refractivity contribution in [3.63, 3.8) is 0 Å². The summed E-state index contributed by atoms with van der Waals surface area (Å²) in [7, 11) is 0. The maximum absolute atomic E-state index is 3.55. The van der Waals surface area contributed by atoms with Gasteiger partial charge >= 0.3 is 0 Å². The average Bonchev–Trinajstić information content (AvgIpc) is 2.71. The lowest BCUT2D eigenvalue weighted by Gasteiger charge is -2.09. The van der Waals surface area contributed by atoms with E-state index in [1.807, 2.05) is 0 Å². The monoisotopic (exact) mass is 309 g/mol. The van der Waals surface area contributed by atoms with Gasteiger partial charge in [-0.15, -0.1) is 11.3 Å². The predicted molar refractivity (Wildman–Crippen MR) is 78.5 cm³/mol. The van der Waals surface area contributed by atoms with Gasteiger partial charge in [0.25, 0.3) is 0 Å². The van der Waals surface area contributed by atoms with Crippen molar-refractivity contribution in [3.05, 3.63) is 55.7 Å². The Bertz CT molecular complexity index is 505. The Balaban J connectivity index is 1.95. The Morgan fingerprint density at radius 2 is 2.00 bits per heavy atom. The first-order chi connectivity index (χ1) is 8.18. The first-order valence-electron chi connectivity index (χ1n) is 5.66. The molecule has 0 bridgehead atoms. The molecule has 0 spiro atoms. The third-order valence-electron chi connectivity index (χ3n) is 3.01. The van der Waals surface area contributed by atoms with Crippen molar-refractivity contribution >= 4 is 27.3 Å². The second-order valence-corrected chi connectivity index (χ2v) is 6.01. The number of hydrogen-bond acceptors (Lipinski definition) is 2. The van der Waals surface area contributed by atoms with Gasteiger partial charge < -0.3 is 5.32 Å². The van der Waals surface area contributed by atoms with E-state index >= 15 is 0 Å². The molecule has 1 N–H and O–H groups in total. The third-order valence-corrected chi connectivity index (χ3v) is 4.94. The average molecular weight is 310 g/mol. The van der Waals surface area contributed by atoms with Gasteiger partial charge in [-0.1, -0.05) is 18.2 Å². The number of rotatable bonds is 4. The minimum atomic E-state index is 0.922. The van der Waals surface area contributed by atoms with E-state index in [1.165, 1.54) is 26.0 Å². The van der Waals surface area contributed by atoms with Crippen LogP contribution in [0.15, 0.2) is 34.1 Å². The molecular weight excluding hydrogens is 294 g/mol. The molecule has 90 valence electrons. The number of halogens is 1. The van der Waals surface area contributed by atoms with E-state index in [0.717, 1.165) is 13.1 Å². The molecule has 0 aliphatic rings. The maximum atomic E-state index is 3.55. The molecule has 1 aromatic carbocycles. The van der Waals surface area contributed by atoms with Gasteiger partial charge in [0.2, 0.25) is 0 Å². The van der Waals surface area contributed by atoms with Crippen LogP contribution >= 0.6 is 27.3 Å². The Kier molecular flexibility index (Phi) is 4.37. The van der Waals surface area contributed by atoms with Crippen molar-refractivity contribution in [1.29, 1.82) is 0 Å². The van der Waals surface area contributed by atoms with Gasteiger partial charge in [-0.25, -0.2) is 0 Å². The van der Waals surface area contributed by atoms with Crippen LogP contribution < -0.4 is 5.32 Å². The van der Waals surface area contributed by atoms with Gasteiger partial charge in [-0.3, -0.25) is 0 Å². The number of thiophene rings is 1. The highest BCUT2D eigenvalue weighted by Crippen LogP contribution is 2.22. The summed E-state index contributed by atoms with van der Waals surface area (Å²) in [6, 6.07) is 8.58. The SMILES string of the molecule is Cc1cccc(CNCc2sccc2Br)c1C. The Morgan fingerprint density at radius 1 is 1.18 bits per heavy atom. The van der Waals surface area contributed by atoms with Crippen molar-refractivity contribution in [1.82, 2.24) is 5.32 Å². The minimum Gasteiger partial charge on any atom is -0.308 e. The smallest absolute Gasteiger partial charge is 0.0327 e. The van der Waals surface area contributed by atoms with E-state index in [0.29, 0.717) is 0 Å². The van der Waals surface area contributed by atoms with Gasteiger partial charge in [-0.2, -0.15) is 0 Å². The molecule has 0 aliphatic carbocycles. The van der Waals surface area contributed by atoms with Crippen LogP contribution in [0.4, 0.5) is 0 Å². The first-order valence-corrected chi connectivity index (χ1v) is 7.33. The summed E-state index contributed by atoms with van der Waals surface area (Å²) in [6.45, 7) is 6.20. The van der Waals surface area contributed by atoms with Crippen LogP contribution in [0.3, 0.4) is 0 Å². The molecule has 0 saturated heterocycles. The van der Waals surface area contributed by atoms with Gasteiger partial charge in [0, 0.05) is 22.4 Å². The molecule has 1 heterocycles. The van der Waals surface area contributed by atoms with Crippen LogP contribution in [0.1, 0.15) is 21.6 Å². The summed E-state index contributed by atoms with van der Waals surface area (Å²) < 4.78 is 1.20. The molecule has 3 heteroatoms. The Labute approximate surface area is 115 Å². The third kappa shape index (κ3) is 3.18. The van der Waals surface area contributed by atoms with Crippen LogP contribution in [0, 0.1) is 13.8 Å². The normalized spacial score (nSPS) is 10.8. The van der Waals surface area contributed by atoms with Crippen molar-refractivity contribution in [3.8, 4) is 0 Å². The quantitative estimate of drug-likeness (QED) is 0.881. The fraction of sp³-hybridized carbons (Fsp3) is 0.286.